The molecule has 10 heteroatoms. The second-order valence-corrected chi connectivity index (χ2v) is 3.48. The Morgan fingerprint density at radius 3 is 0.909 bits per heavy atom. The second kappa shape index (κ2) is 27.2. The first-order valence-electron chi connectivity index (χ1n) is 5.98. The third-order valence-electron chi connectivity index (χ3n) is 0.827. The molecule has 0 aromatic rings. The lowest BCUT2D eigenvalue weighted by Crippen LogP contribution is -2.28. The maximum atomic E-state index is 9.00. The lowest BCUT2D eigenvalue weighted by Gasteiger charge is -1.99. The van der Waals surface area contributed by atoms with Gasteiger partial charge in [-0.15, -0.1) is 0 Å². The Morgan fingerprint density at radius 2 is 0.909 bits per heavy atom. The van der Waals surface area contributed by atoms with Crippen LogP contribution < -0.4 is 11.5 Å². The summed E-state index contributed by atoms with van der Waals surface area (Å²) in [6.45, 7) is 6.97. The Balaban J connectivity index is -0.0000000555. The van der Waals surface area contributed by atoms with Gasteiger partial charge in [0.05, 0.1) is 0 Å². The summed E-state index contributed by atoms with van der Waals surface area (Å²) in [6.07, 6.45) is 0.983. The van der Waals surface area contributed by atoms with Crippen LogP contribution in [0.5, 0.6) is 0 Å². The highest BCUT2D eigenvalue weighted by molar-refractivity contribution is 5.63. The number of carbonyl (C=O) groups is 4. The third-order valence-corrected chi connectivity index (χ3v) is 0.827. The van der Waals surface area contributed by atoms with Gasteiger partial charge in [-0.1, -0.05) is 6.92 Å². The van der Waals surface area contributed by atoms with Crippen LogP contribution in [0.3, 0.4) is 0 Å². The van der Waals surface area contributed by atoms with Gasteiger partial charge in [0.25, 0.3) is 23.9 Å². The van der Waals surface area contributed by atoms with E-state index in [9.17, 15) is 0 Å². The molecule has 22 heavy (non-hydrogen) atoms. The Morgan fingerprint density at radius 1 is 0.773 bits per heavy atom. The van der Waals surface area contributed by atoms with E-state index in [4.69, 9.17) is 51.1 Å². The summed E-state index contributed by atoms with van der Waals surface area (Å²) in [6, 6.07) is 0.213. The molecule has 0 saturated heterocycles. The van der Waals surface area contributed by atoms with Crippen LogP contribution in [0.1, 0.15) is 41.0 Å². The summed E-state index contributed by atoms with van der Waals surface area (Å²) in [5.41, 5.74) is 10.5. The monoisotopic (exact) mass is 328 g/mol. The quantitative estimate of drug-likeness (QED) is 0.402. The zero-order valence-corrected chi connectivity index (χ0v) is 13.6. The molecule has 0 bridgehead atoms. The van der Waals surface area contributed by atoms with Crippen LogP contribution in [0.2, 0.25) is 0 Å². The van der Waals surface area contributed by atoms with Gasteiger partial charge in [0.15, 0.2) is 0 Å². The molecule has 1 atom stereocenters. The normalized spacial score (nSPS) is 8.50. The van der Waals surface area contributed by atoms with Crippen molar-refractivity contribution >= 4 is 23.9 Å². The van der Waals surface area contributed by atoms with E-state index in [0.717, 1.165) is 34.1 Å². The predicted molar refractivity (Wildman–Crippen MR) is 80.6 cm³/mol. The molecule has 0 rings (SSSR count). The molecular weight excluding hydrogens is 300 g/mol. The summed E-state index contributed by atoms with van der Waals surface area (Å²) in [5, 5.41) is 29.7. The number of rotatable bonds is 2. The largest absolute Gasteiger partial charge is 0.481 e. The van der Waals surface area contributed by atoms with Crippen molar-refractivity contribution in [3.8, 4) is 0 Å². The van der Waals surface area contributed by atoms with E-state index in [1.165, 1.54) is 0 Å². The Hall–Kier alpha value is -2.20. The van der Waals surface area contributed by atoms with Crippen LogP contribution in [0.4, 0.5) is 0 Å². The third kappa shape index (κ3) is 1550. The number of hydrogen-bond acceptors (Lipinski definition) is 6. The van der Waals surface area contributed by atoms with E-state index in [1.807, 2.05) is 6.92 Å². The molecule has 0 spiro atoms. The van der Waals surface area contributed by atoms with Gasteiger partial charge in [0.1, 0.15) is 0 Å². The molecule has 134 valence electrons. The van der Waals surface area contributed by atoms with E-state index in [2.05, 4.69) is 0 Å². The van der Waals surface area contributed by atoms with Crippen molar-refractivity contribution in [1.82, 2.24) is 0 Å². The van der Waals surface area contributed by atoms with E-state index >= 15 is 0 Å². The average molecular weight is 328 g/mol. The predicted octanol–water partition coefficient (Wildman–Crippen LogP) is 0.0460. The number of nitrogens with two attached hydrogens (primary N) is 2. The Labute approximate surface area is 129 Å². The molecule has 0 amide bonds. The maximum Gasteiger partial charge on any atom is 0.300 e. The smallest absolute Gasteiger partial charge is 0.300 e. The first kappa shape index (κ1) is 31.9. The van der Waals surface area contributed by atoms with E-state index in [1.54, 1.807) is 0 Å². The lowest BCUT2D eigenvalue weighted by molar-refractivity contribution is -0.135. The summed E-state index contributed by atoms with van der Waals surface area (Å²) in [4.78, 5) is 36.0. The number of carboxylic acid groups (broad SMARTS) is 4. The van der Waals surface area contributed by atoms with E-state index < -0.39 is 23.9 Å². The fraction of sp³-hybridized carbons (Fsp3) is 0.667. The second-order valence-electron chi connectivity index (χ2n) is 3.48. The van der Waals surface area contributed by atoms with Crippen LogP contribution in [-0.2, 0) is 19.2 Å². The molecule has 0 aromatic carbocycles. The van der Waals surface area contributed by atoms with Gasteiger partial charge in [-0.3, -0.25) is 19.2 Å². The van der Waals surface area contributed by atoms with Crippen molar-refractivity contribution in [2.75, 3.05) is 6.54 Å². The fourth-order valence-electron chi connectivity index (χ4n) is 0.167. The van der Waals surface area contributed by atoms with Crippen LogP contribution >= 0.6 is 0 Å². The summed E-state index contributed by atoms with van der Waals surface area (Å²) in [5.74, 6) is -3.33. The molecule has 0 saturated carbocycles. The van der Waals surface area contributed by atoms with Gasteiger partial charge in [0.2, 0.25) is 0 Å². The van der Waals surface area contributed by atoms with Gasteiger partial charge in [-0.25, -0.2) is 0 Å². The summed E-state index contributed by atoms with van der Waals surface area (Å²) in [7, 11) is 0. The highest BCUT2D eigenvalue weighted by Crippen LogP contribution is 1.77. The SMILES string of the molecule is CC(=O)O.CC(=O)O.CC(=O)O.CC(=O)O.CCC(N)CN. The Bertz CT molecular complexity index is 227. The molecule has 0 heterocycles. The van der Waals surface area contributed by atoms with Gasteiger partial charge in [-0.2, -0.15) is 0 Å². The minimum Gasteiger partial charge on any atom is -0.481 e. The van der Waals surface area contributed by atoms with Gasteiger partial charge >= 0.3 is 0 Å². The highest BCUT2D eigenvalue weighted by atomic mass is 16.4. The van der Waals surface area contributed by atoms with Gasteiger partial charge < -0.3 is 31.9 Å². The molecule has 0 aliphatic rings. The number of hydrogen-bond donors (Lipinski definition) is 6. The van der Waals surface area contributed by atoms with Gasteiger partial charge in [0, 0.05) is 40.3 Å². The van der Waals surface area contributed by atoms with E-state index in [0.29, 0.717) is 6.54 Å². The molecule has 10 nitrogen and oxygen atoms in total. The average Bonchev–Trinajstić information content (AvgIpc) is 2.24. The highest BCUT2D eigenvalue weighted by Gasteiger charge is 1.88. The molecule has 0 aromatic heterocycles. The van der Waals surface area contributed by atoms with Crippen LogP contribution in [0.25, 0.3) is 0 Å². The van der Waals surface area contributed by atoms with Gasteiger partial charge in [-0.05, 0) is 6.42 Å². The Kier molecular flexibility index (Phi) is 39.5. The fourth-order valence-corrected chi connectivity index (χ4v) is 0.167. The zero-order chi connectivity index (χ0) is 19.3. The lowest BCUT2D eigenvalue weighted by atomic mass is 10.2. The molecular formula is C12H28N2O8. The first-order valence-corrected chi connectivity index (χ1v) is 5.98. The van der Waals surface area contributed by atoms with Crippen molar-refractivity contribution in [2.45, 2.75) is 47.1 Å². The first-order chi connectivity index (χ1) is 9.74. The van der Waals surface area contributed by atoms with Crippen molar-refractivity contribution in [3.05, 3.63) is 0 Å². The standard InChI is InChI=1S/C4H12N2.4C2H4O2/c1-2-4(6)3-5;4*1-2(3)4/h4H,2-3,5-6H2,1H3;4*1H3,(H,3,4). The number of aliphatic carboxylic acids is 4. The van der Waals surface area contributed by atoms with Crippen molar-refractivity contribution in [3.63, 3.8) is 0 Å². The van der Waals surface area contributed by atoms with E-state index in [-0.39, 0.29) is 6.04 Å². The van der Waals surface area contributed by atoms with Crippen LogP contribution in [0, 0.1) is 0 Å². The molecule has 1 unspecified atom stereocenters. The van der Waals surface area contributed by atoms with Crippen LogP contribution in [0.15, 0.2) is 0 Å². The maximum absolute atomic E-state index is 9.00. The van der Waals surface area contributed by atoms with Crippen LogP contribution in [-0.4, -0.2) is 56.9 Å². The molecule has 0 radical (unpaired) electrons. The molecule has 0 aliphatic heterocycles. The minimum absolute atomic E-state index is 0.213. The molecule has 8 N–H and O–H groups in total. The molecule has 0 aliphatic carbocycles. The minimum atomic E-state index is -0.833. The van der Waals surface area contributed by atoms with Crippen molar-refractivity contribution in [2.24, 2.45) is 11.5 Å². The zero-order valence-electron chi connectivity index (χ0n) is 13.6. The number of carboxylic acids is 4. The topological polar surface area (TPSA) is 201 Å². The molecule has 0 fully saturated rings. The summed E-state index contributed by atoms with van der Waals surface area (Å²) >= 11 is 0. The van der Waals surface area contributed by atoms with Crippen molar-refractivity contribution < 1.29 is 39.6 Å². The summed E-state index contributed by atoms with van der Waals surface area (Å²) < 4.78 is 0. The van der Waals surface area contributed by atoms with Crippen molar-refractivity contribution in [1.29, 1.82) is 0 Å².